The van der Waals surface area contributed by atoms with Gasteiger partial charge in [0.1, 0.15) is 6.54 Å². The summed E-state index contributed by atoms with van der Waals surface area (Å²) in [4.78, 5) is 25.0. The molecular weight excluding hydrogens is 395 g/mol. The van der Waals surface area contributed by atoms with Crippen LogP contribution in [0.1, 0.15) is 11.1 Å². The third-order valence-electron chi connectivity index (χ3n) is 4.11. The predicted octanol–water partition coefficient (Wildman–Crippen LogP) is 5.22. The van der Waals surface area contributed by atoms with Crippen molar-refractivity contribution in [2.45, 2.75) is 20.4 Å². The monoisotopic (exact) mass is 408 g/mol. The van der Waals surface area contributed by atoms with Crippen LogP contribution >= 0.6 is 34.8 Å². The third-order valence-corrected chi connectivity index (χ3v) is 4.93. The molecule has 0 saturated heterocycles. The number of benzene rings is 2. The van der Waals surface area contributed by atoms with Gasteiger partial charge in [-0.1, -0.05) is 53.0 Å². The second-order valence-corrected chi connectivity index (χ2v) is 7.27. The number of pyridine rings is 1. The molecule has 7 heteroatoms. The number of aromatic nitrogens is 1. The Labute approximate surface area is 165 Å². The SMILES string of the molecule is Cc1cc(=O)n(CC(=O)Nc2c(Cl)cc(Cl)cc2Cl)c2c(C)cccc12. The van der Waals surface area contributed by atoms with Gasteiger partial charge in [0.15, 0.2) is 0 Å². The molecule has 3 aromatic rings. The van der Waals surface area contributed by atoms with Crippen LogP contribution < -0.4 is 10.9 Å². The molecule has 1 aromatic heterocycles. The number of para-hydroxylation sites is 1. The summed E-state index contributed by atoms with van der Waals surface area (Å²) in [5.41, 5.74) is 2.55. The molecule has 1 amide bonds. The van der Waals surface area contributed by atoms with E-state index in [1.54, 1.807) is 0 Å². The van der Waals surface area contributed by atoms with Gasteiger partial charge in [-0.25, -0.2) is 0 Å². The van der Waals surface area contributed by atoms with Crippen LogP contribution in [0, 0.1) is 13.8 Å². The highest BCUT2D eigenvalue weighted by Gasteiger charge is 2.15. The van der Waals surface area contributed by atoms with Gasteiger partial charge in [-0.3, -0.25) is 14.2 Å². The molecule has 134 valence electrons. The van der Waals surface area contributed by atoms with Crippen molar-refractivity contribution in [1.29, 1.82) is 0 Å². The Balaban J connectivity index is 2.00. The maximum absolute atomic E-state index is 12.5. The van der Waals surface area contributed by atoms with Crippen LogP contribution in [-0.2, 0) is 11.3 Å². The molecule has 0 unspecified atom stereocenters. The summed E-state index contributed by atoms with van der Waals surface area (Å²) in [6.07, 6.45) is 0. The van der Waals surface area contributed by atoms with Crippen LogP contribution in [0.4, 0.5) is 5.69 Å². The summed E-state index contributed by atoms with van der Waals surface area (Å²) < 4.78 is 1.45. The highest BCUT2D eigenvalue weighted by Crippen LogP contribution is 2.33. The van der Waals surface area contributed by atoms with Crippen molar-refractivity contribution in [2.24, 2.45) is 0 Å². The van der Waals surface area contributed by atoms with Gasteiger partial charge in [-0.2, -0.15) is 0 Å². The molecule has 0 saturated carbocycles. The van der Waals surface area contributed by atoms with E-state index in [1.165, 1.54) is 22.8 Å². The van der Waals surface area contributed by atoms with Crippen molar-refractivity contribution in [1.82, 2.24) is 4.57 Å². The highest BCUT2D eigenvalue weighted by atomic mass is 35.5. The molecule has 1 heterocycles. The fraction of sp³-hybridized carbons (Fsp3) is 0.158. The molecule has 0 spiro atoms. The normalized spacial score (nSPS) is 11.0. The summed E-state index contributed by atoms with van der Waals surface area (Å²) in [7, 11) is 0. The lowest BCUT2D eigenvalue weighted by Gasteiger charge is -2.15. The first kappa shape index (κ1) is 18.8. The van der Waals surface area contributed by atoms with Gasteiger partial charge < -0.3 is 5.32 Å². The first-order valence-corrected chi connectivity index (χ1v) is 8.95. The van der Waals surface area contributed by atoms with Crippen LogP contribution in [0.2, 0.25) is 15.1 Å². The minimum absolute atomic E-state index is 0.157. The summed E-state index contributed by atoms with van der Waals surface area (Å²) in [5.74, 6) is -0.411. The lowest BCUT2D eigenvalue weighted by atomic mass is 10.1. The van der Waals surface area contributed by atoms with E-state index in [0.29, 0.717) is 5.02 Å². The molecule has 2 aromatic carbocycles. The van der Waals surface area contributed by atoms with E-state index < -0.39 is 5.91 Å². The van der Waals surface area contributed by atoms with Gasteiger partial charge in [0.2, 0.25) is 5.91 Å². The van der Waals surface area contributed by atoms with E-state index in [9.17, 15) is 9.59 Å². The van der Waals surface area contributed by atoms with Gasteiger partial charge in [0.05, 0.1) is 21.2 Å². The lowest BCUT2D eigenvalue weighted by Crippen LogP contribution is -2.28. The second kappa shape index (κ2) is 7.31. The van der Waals surface area contributed by atoms with E-state index in [-0.39, 0.29) is 27.8 Å². The molecule has 0 radical (unpaired) electrons. The Morgan fingerprint density at radius 3 is 2.35 bits per heavy atom. The zero-order valence-corrected chi connectivity index (χ0v) is 16.3. The smallest absolute Gasteiger partial charge is 0.251 e. The van der Waals surface area contributed by atoms with Crippen molar-refractivity contribution in [3.8, 4) is 0 Å². The molecule has 4 nitrogen and oxygen atoms in total. The number of carbonyl (C=O) groups is 1. The van der Waals surface area contributed by atoms with Crippen molar-refractivity contribution in [3.05, 3.63) is 72.9 Å². The summed E-state index contributed by atoms with van der Waals surface area (Å²) >= 11 is 18.1. The molecule has 3 rings (SSSR count). The number of nitrogens with one attached hydrogen (secondary N) is 1. The van der Waals surface area contributed by atoms with Crippen LogP contribution in [0.15, 0.2) is 41.2 Å². The van der Waals surface area contributed by atoms with E-state index in [1.807, 2.05) is 32.0 Å². The summed E-state index contributed by atoms with van der Waals surface area (Å²) in [5, 5.41) is 4.42. The number of carbonyl (C=O) groups excluding carboxylic acids is 1. The fourth-order valence-corrected chi connectivity index (χ4v) is 3.84. The van der Waals surface area contributed by atoms with Gasteiger partial charge in [0, 0.05) is 16.5 Å². The maximum atomic E-state index is 12.5. The molecule has 0 aliphatic rings. The van der Waals surface area contributed by atoms with Crippen LogP contribution in [0.25, 0.3) is 10.9 Å². The largest absolute Gasteiger partial charge is 0.322 e. The third kappa shape index (κ3) is 3.58. The molecular formula is C19H15Cl3N2O2. The van der Waals surface area contributed by atoms with E-state index in [4.69, 9.17) is 34.8 Å². The number of halogens is 3. The number of rotatable bonds is 3. The molecule has 0 atom stereocenters. The quantitative estimate of drug-likeness (QED) is 0.645. The minimum Gasteiger partial charge on any atom is -0.322 e. The maximum Gasteiger partial charge on any atom is 0.251 e. The van der Waals surface area contributed by atoms with Gasteiger partial charge in [0.25, 0.3) is 5.56 Å². The number of nitrogens with zero attached hydrogens (tertiary/aromatic N) is 1. The molecule has 0 fully saturated rings. The molecule has 0 aliphatic carbocycles. The Morgan fingerprint density at radius 1 is 1.04 bits per heavy atom. The number of fused-ring (bicyclic) bond motifs is 1. The number of hydrogen-bond donors (Lipinski definition) is 1. The van der Waals surface area contributed by atoms with Crippen LogP contribution in [-0.4, -0.2) is 10.5 Å². The first-order chi connectivity index (χ1) is 12.3. The van der Waals surface area contributed by atoms with Crippen molar-refractivity contribution in [2.75, 3.05) is 5.32 Å². The Kier molecular flexibility index (Phi) is 5.28. The van der Waals surface area contributed by atoms with Gasteiger partial charge >= 0.3 is 0 Å². The Hall–Kier alpha value is -2.01. The lowest BCUT2D eigenvalue weighted by molar-refractivity contribution is -0.116. The fourth-order valence-electron chi connectivity index (χ4n) is 2.93. The number of hydrogen-bond acceptors (Lipinski definition) is 2. The Morgan fingerprint density at radius 2 is 1.69 bits per heavy atom. The zero-order chi connectivity index (χ0) is 19.0. The van der Waals surface area contributed by atoms with Gasteiger partial charge in [-0.05, 0) is 37.1 Å². The Bertz CT molecular complexity index is 1070. The first-order valence-electron chi connectivity index (χ1n) is 7.82. The summed E-state index contributed by atoms with van der Waals surface area (Å²) in [6.45, 7) is 3.62. The molecule has 0 bridgehead atoms. The average Bonchev–Trinajstić information content (AvgIpc) is 2.55. The van der Waals surface area contributed by atoms with Crippen LogP contribution in [0.5, 0.6) is 0 Å². The number of aryl methyl sites for hydroxylation is 2. The van der Waals surface area contributed by atoms with Gasteiger partial charge in [-0.15, -0.1) is 0 Å². The average molecular weight is 410 g/mol. The van der Waals surface area contributed by atoms with Crippen LogP contribution in [0.3, 0.4) is 0 Å². The predicted molar refractivity (Wildman–Crippen MR) is 108 cm³/mol. The minimum atomic E-state index is -0.411. The van der Waals surface area contributed by atoms with Crippen molar-refractivity contribution in [3.63, 3.8) is 0 Å². The van der Waals surface area contributed by atoms with Crippen molar-refractivity contribution >= 4 is 57.3 Å². The summed E-state index contributed by atoms with van der Waals surface area (Å²) in [6, 6.07) is 10.3. The standard InChI is InChI=1S/C19H15Cl3N2O2/c1-10-4-3-5-13-11(2)6-17(26)24(19(10)13)9-16(25)23-18-14(21)7-12(20)8-15(18)22/h3-8H,9H2,1-2H3,(H,23,25). The molecule has 0 aliphatic heterocycles. The topological polar surface area (TPSA) is 51.1 Å². The van der Waals surface area contributed by atoms with E-state index in [0.717, 1.165) is 22.0 Å². The zero-order valence-electron chi connectivity index (χ0n) is 14.1. The number of amides is 1. The van der Waals surface area contributed by atoms with E-state index >= 15 is 0 Å². The highest BCUT2D eigenvalue weighted by molar-refractivity contribution is 6.42. The number of anilines is 1. The second-order valence-electron chi connectivity index (χ2n) is 6.02. The molecule has 26 heavy (non-hydrogen) atoms. The van der Waals surface area contributed by atoms with Crippen molar-refractivity contribution < 1.29 is 4.79 Å². The molecule has 1 N–H and O–H groups in total. The van der Waals surface area contributed by atoms with E-state index in [2.05, 4.69) is 5.32 Å².